The Balaban J connectivity index is 0.00000676. The monoisotopic (exact) mass is 497 g/mol. The Morgan fingerprint density at radius 1 is 1.15 bits per heavy atom. The molecule has 7 heteroatoms. The van der Waals surface area contributed by atoms with Crippen LogP contribution in [0.4, 0.5) is 0 Å². The van der Waals surface area contributed by atoms with Gasteiger partial charge in [0.2, 0.25) is 0 Å². The zero-order valence-corrected chi connectivity index (χ0v) is 20.8. The molecule has 0 bridgehead atoms. The van der Waals surface area contributed by atoms with Crippen LogP contribution in [0.15, 0.2) is 4.99 Å². The van der Waals surface area contributed by atoms with Crippen LogP contribution < -0.4 is 10.6 Å². The highest BCUT2D eigenvalue weighted by atomic mass is 127. The van der Waals surface area contributed by atoms with Crippen molar-refractivity contribution in [2.24, 2.45) is 10.9 Å². The zero-order valence-electron chi connectivity index (χ0n) is 18.5. The topological polar surface area (TPSA) is 52.1 Å². The molecule has 27 heavy (non-hydrogen) atoms. The number of morpholine rings is 1. The fraction of sp³-hybridized carbons (Fsp3) is 0.950. The normalized spacial score (nSPS) is 18.3. The van der Waals surface area contributed by atoms with Crippen molar-refractivity contribution in [3.8, 4) is 0 Å². The lowest BCUT2D eigenvalue weighted by atomic mass is 10.0. The maximum Gasteiger partial charge on any atom is 0.191 e. The van der Waals surface area contributed by atoms with Crippen molar-refractivity contribution in [3.05, 3.63) is 0 Å². The van der Waals surface area contributed by atoms with Crippen LogP contribution in [0.1, 0.15) is 47.5 Å². The minimum absolute atomic E-state index is 0. The van der Waals surface area contributed by atoms with E-state index in [1.165, 1.54) is 13.0 Å². The van der Waals surface area contributed by atoms with Gasteiger partial charge < -0.3 is 20.3 Å². The van der Waals surface area contributed by atoms with Crippen molar-refractivity contribution in [3.63, 3.8) is 0 Å². The quantitative estimate of drug-likeness (QED) is 0.261. The third-order valence-electron chi connectivity index (χ3n) is 5.38. The first-order valence-corrected chi connectivity index (χ1v) is 10.5. The van der Waals surface area contributed by atoms with Gasteiger partial charge in [-0.15, -0.1) is 24.0 Å². The van der Waals surface area contributed by atoms with Gasteiger partial charge >= 0.3 is 0 Å². The molecule has 1 aliphatic rings. The Hall–Kier alpha value is -0.120. The van der Waals surface area contributed by atoms with Gasteiger partial charge in [0.25, 0.3) is 0 Å². The highest BCUT2D eigenvalue weighted by Gasteiger charge is 2.24. The summed E-state index contributed by atoms with van der Waals surface area (Å²) in [7, 11) is 1.86. The first-order valence-electron chi connectivity index (χ1n) is 10.5. The summed E-state index contributed by atoms with van der Waals surface area (Å²) < 4.78 is 5.50. The standard InChI is InChI=1S/C20H43N5O.HI/c1-7-24(8-2)11-9-10-18(5)23-20(21-6)22-16-19(17(3)4)25-12-14-26-15-13-25;/h17-19H,7-16H2,1-6H3,(H2,21,22,23);1H. The lowest BCUT2D eigenvalue weighted by molar-refractivity contribution is 0.00751. The second kappa shape index (κ2) is 15.8. The van der Waals surface area contributed by atoms with Crippen LogP contribution in [0.5, 0.6) is 0 Å². The summed E-state index contributed by atoms with van der Waals surface area (Å²) in [4.78, 5) is 9.45. The van der Waals surface area contributed by atoms with Gasteiger partial charge in [-0.2, -0.15) is 0 Å². The van der Waals surface area contributed by atoms with Gasteiger partial charge in [-0.25, -0.2) is 0 Å². The average Bonchev–Trinajstić information content (AvgIpc) is 2.65. The summed E-state index contributed by atoms with van der Waals surface area (Å²) in [6.45, 7) is 19.4. The van der Waals surface area contributed by atoms with Gasteiger partial charge in [0.1, 0.15) is 0 Å². The molecule has 2 unspecified atom stereocenters. The van der Waals surface area contributed by atoms with Gasteiger partial charge in [0.05, 0.1) is 13.2 Å². The molecule has 2 N–H and O–H groups in total. The summed E-state index contributed by atoms with van der Waals surface area (Å²) in [5.41, 5.74) is 0. The summed E-state index contributed by atoms with van der Waals surface area (Å²) in [6.07, 6.45) is 2.38. The minimum atomic E-state index is 0. The molecule has 6 nitrogen and oxygen atoms in total. The fourth-order valence-corrected chi connectivity index (χ4v) is 3.56. The smallest absolute Gasteiger partial charge is 0.191 e. The minimum Gasteiger partial charge on any atom is -0.379 e. The van der Waals surface area contributed by atoms with E-state index in [9.17, 15) is 0 Å². The average molecular weight is 498 g/mol. The summed E-state index contributed by atoms with van der Waals surface area (Å²) >= 11 is 0. The summed E-state index contributed by atoms with van der Waals surface area (Å²) in [5.74, 6) is 1.52. The largest absolute Gasteiger partial charge is 0.379 e. The SMILES string of the molecule is CCN(CC)CCCC(C)NC(=NC)NCC(C(C)C)N1CCOCC1.I. The number of rotatable bonds is 11. The Morgan fingerprint density at radius 3 is 2.30 bits per heavy atom. The van der Waals surface area contributed by atoms with Crippen molar-refractivity contribution in [2.75, 3.05) is 59.5 Å². The predicted molar refractivity (Wildman–Crippen MR) is 127 cm³/mol. The zero-order chi connectivity index (χ0) is 19.4. The van der Waals surface area contributed by atoms with Crippen LogP contribution >= 0.6 is 24.0 Å². The summed E-state index contributed by atoms with van der Waals surface area (Å²) in [5, 5.41) is 7.10. The van der Waals surface area contributed by atoms with Gasteiger partial charge in [-0.05, 0) is 45.3 Å². The second-order valence-corrected chi connectivity index (χ2v) is 7.63. The number of guanidine groups is 1. The molecule has 1 rings (SSSR count). The van der Waals surface area contributed by atoms with E-state index in [4.69, 9.17) is 4.74 Å². The molecule has 162 valence electrons. The molecule has 0 saturated carbocycles. The van der Waals surface area contributed by atoms with Gasteiger partial charge in [-0.1, -0.05) is 27.7 Å². The van der Waals surface area contributed by atoms with E-state index in [-0.39, 0.29) is 24.0 Å². The number of halogens is 1. The first kappa shape index (κ1) is 26.9. The number of aliphatic imine (C=N–C) groups is 1. The highest BCUT2D eigenvalue weighted by molar-refractivity contribution is 14.0. The molecule has 0 aromatic heterocycles. The van der Waals surface area contributed by atoms with E-state index >= 15 is 0 Å². The third-order valence-corrected chi connectivity index (χ3v) is 5.38. The molecule has 2 atom stereocenters. The molecule has 1 saturated heterocycles. The Morgan fingerprint density at radius 2 is 1.78 bits per heavy atom. The van der Waals surface area contributed by atoms with Crippen LogP contribution in [0.3, 0.4) is 0 Å². The van der Waals surface area contributed by atoms with Gasteiger partial charge in [0, 0.05) is 38.8 Å². The summed E-state index contributed by atoms with van der Waals surface area (Å²) in [6, 6.07) is 0.938. The van der Waals surface area contributed by atoms with E-state index in [0.717, 1.165) is 58.3 Å². The lowest BCUT2D eigenvalue weighted by Crippen LogP contribution is -2.53. The van der Waals surface area contributed by atoms with Crippen molar-refractivity contribution < 1.29 is 4.74 Å². The molecule has 0 spiro atoms. The van der Waals surface area contributed by atoms with Crippen molar-refractivity contribution >= 4 is 29.9 Å². The maximum absolute atomic E-state index is 5.50. The molecule has 0 aromatic carbocycles. The molecular weight excluding hydrogens is 453 g/mol. The number of ether oxygens (including phenoxy) is 1. The molecule has 0 aliphatic carbocycles. The molecule has 1 aliphatic heterocycles. The van der Waals surface area contributed by atoms with E-state index in [2.05, 4.69) is 60.0 Å². The number of nitrogens with zero attached hydrogens (tertiary/aromatic N) is 3. The molecule has 0 aromatic rings. The Labute approximate surface area is 184 Å². The van der Waals surface area contributed by atoms with Crippen LogP contribution in [-0.4, -0.2) is 87.4 Å². The van der Waals surface area contributed by atoms with Crippen LogP contribution in [0, 0.1) is 5.92 Å². The van der Waals surface area contributed by atoms with Crippen LogP contribution in [0.2, 0.25) is 0 Å². The molecule has 1 heterocycles. The molecule has 0 amide bonds. The van der Waals surface area contributed by atoms with E-state index in [0.29, 0.717) is 18.0 Å². The number of nitrogens with one attached hydrogen (secondary N) is 2. The molecule has 0 radical (unpaired) electrons. The van der Waals surface area contributed by atoms with E-state index < -0.39 is 0 Å². The molecular formula is C20H44IN5O. The number of hydrogen-bond donors (Lipinski definition) is 2. The van der Waals surface area contributed by atoms with Crippen molar-refractivity contribution in [2.45, 2.75) is 59.5 Å². The highest BCUT2D eigenvalue weighted by Crippen LogP contribution is 2.12. The van der Waals surface area contributed by atoms with E-state index in [1.807, 2.05) is 7.05 Å². The van der Waals surface area contributed by atoms with Crippen molar-refractivity contribution in [1.82, 2.24) is 20.4 Å². The van der Waals surface area contributed by atoms with Gasteiger partial charge in [-0.3, -0.25) is 9.89 Å². The van der Waals surface area contributed by atoms with Crippen LogP contribution in [0.25, 0.3) is 0 Å². The fourth-order valence-electron chi connectivity index (χ4n) is 3.56. The first-order chi connectivity index (χ1) is 12.5. The third kappa shape index (κ3) is 10.9. The Bertz CT molecular complexity index is 385. The number of hydrogen-bond acceptors (Lipinski definition) is 4. The maximum atomic E-state index is 5.50. The van der Waals surface area contributed by atoms with Crippen molar-refractivity contribution in [1.29, 1.82) is 0 Å². The van der Waals surface area contributed by atoms with E-state index in [1.54, 1.807) is 0 Å². The predicted octanol–water partition coefficient (Wildman–Crippen LogP) is 2.64. The second-order valence-electron chi connectivity index (χ2n) is 7.63. The van der Waals surface area contributed by atoms with Gasteiger partial charge in [0.15, 0.2) is 5.96 Å². The molecule has 1 fully saturated rings. The lowest BCUT2D eigenvalue weighted by Gasteiger charge is -2.37. The van der Waals surface area contributed by atoms with Crippen LogP contribution in [-0.2, 0) is 4.74 Å². The Kier molecular flexibility index (Phi) is 15.7.